The summed E-state index contributed by atoms with van der Waals surface area (Å²) in [5.74, 6) is -1.95. The average Bonchev–Trinajstić information content (AvgIpc) is 3.06. The van der Waals surface area contributed by atoms with Crippen LogP contribution in [0.2, 0.25) is 0 Å². The van der Waals surface area contributed by atoms with Gasteiger partial charge in [0.1, 0.15) is 18.0 Å². The molecule has 0 aliphatic carbocycles. The van der Waals surface area contributed by atoms with Gasteiger partial charge in [-0.15, -0.1) is 5.10 Å². The second-order valence-corrected chi connectivity index (χ2v) is 6.49. The number of nitrogens with one attached hydrogen (secondary N) is 1. The highest BCUT2D eigenvalue weighted by Gasteiger charge is 2.18. The summed E-state index contributed by atoms with van der Waals surface area (Å²) in [7, 11) is 0. The van der Waals surface area contributed by atoms with Gasteiger partial charge in [-0.3, -0.25) is 4.79 Å². The summed E-state index contributed by atoms with van der Waals surface area (Å²) in [6.07, 6.45) is 1.56. The summed E-state index contributed by atoms with van der Waals surface area (Å²) in [6.45, 7) is 1.66. The van der Waals surface area contributed by atoms with E-state index in [1.165, 1.54) is 6.07 Å². The molecule has 2 aromatic carbocycles. The Morgan fingerprint density at radius 3 is 2.68 bits per heavy atom. The monoisotopic (exact) mass is 360 g/mol. The lowest BCUT2D eigenvalue weighted by Gasteiger charge is -2.10. The summed E-state index contributed by atoms with van der Waals surface area (Å²) in [5, 5.41) is 6.60. The Morgan fingerprint density at radius 1 is 1.20 bits per heavy atom. The normalized spacial score (nSPS) is 12.0. The SMILES string of the molecule is CC(Sc1ncn(-c2ccccc2)n1)C(=O)Nc1ccc(F)cc1F. The molecular weight excluding hydrogens is 346 g/mol. The third-order valence-corrected chi connectivity index (χ3v) is 4.30. The van der Waals surface area contributed by atoms with Crippen LogP contribution in [0.4, 0.5) is 14.5 Å². The number of carbonyl (C=O) groups is 1. The van der Waals surface area contributed by atoms with E-state index < -0.39 is 22.8 Å². The topological polar surface area (TPSA) is 59.8 Å². The van der Waals surface area contributed by atoms with Gasteiger partial charge in [-0.25, -0.2) is 18.4 Å². The van der Waals surface area contributed by atoms with E-state index in [1.54, 1.807) is 17.9 Å². The van der Waals surface area contributed by atoms with E-state index in [0.717, 1.165) is 29.6 Å². The van der Waals surface area contributed by atoms with Crippen LogP contribution in [0.3, 0.4) is 0 Å². The van der Waals surface area contributed by atoms with Crippen molar-refractivity contribution in [3.63, 3.8) is 0 Å². The van der Waals surface area contributed by atoms with E-state index in [9.17, 15) is 13.6 Å². The lowest BCUT2D eigenvalue weighted by atomic mass is 10.3. The second kappa shape index (κ2) is 7.43. The van der Waals surface area contributed by atoms with Crippen molar-refractivity contribution in [1.82, 2.24) is 14.8 Å². The zero-order valence-corrected chi connectivity index (χ0v) is 14.0. The zero-order valence-electron chi connectivity index (χ0n) is 13.2. The first-order valence-electron chi connectivity index (χ1n) is 7.42. The highest BCUT2D eigenvalue weighted by molar-refractivity contribution is 8.00. The molecule has 1 atom stereocenters. The average molecular weight is 360 g/mol. The van der Waals surface area contributed by atoms with E-state index in [1.807, 2.05) is 30.3 Å². The molecule has 128 valence electrons. The van der Waals surface area contributed by atoms with Gasteiger partial charge in [0.05, 0.1) is 16.6 Å². The van der Waals surface area contributed by atoms with Crippen LogP contribution >= 0.6 is 11.8 Å². The minimum atomic E-state index is -0.822. The van der Waals surface area contributed by atoms with E-state index in [-0.39, 0.29) is 5.69 Å². The van der Waals surface area contributed by atoms with E-state index in [2.05, 4.69) is 15.4 Å². The van der Waals surface area contributed by atoms with Gasteiger partial charge in [-0.2, -0.15) is 0 Å². The Morgan fingerprint density at radius 2 is 1.96 bits per heavy atom. The first-order valence-corrected chi connectivity index (χ1v) is 8.30. The van der Waals surface area contributed by atoms with Crippen molar-refractivity contribution in [3.05, 3.63) is 66.5 Å². The fraction of sp³-hybridized carbons (Fsp3) is 0.118. The van der Waals surface area contributed by atoms with Gasteiger partial charge in [0.15, 0.2) is 0 Å². The molecule has 0 radical (unpaired) electrons. The molecule has 0 saturated heterocycles. The number of aromatic nitrogens is 3. The molecule has 1 heterocycles. The second-order valence-electron chi connectivity index (χ2n) is 5.18. The lowest BCUT2D eigenvalue weighted by Crippen LogP contribution is -2.23. The maximum atomic E-state index is 13.6. The number of nitrogens with zero attached hydrogens (tertiary/aromatic N) is 3. The molecular formula is C17H14F2N4OS. The van der Waals surface area contributed by atoms with Gasteiger partial charge in [-0.05, 0) is 31.2 Å². The van der Waals surface area contributed by atoms with E-state index >= 15 is 0 Å². The molecule has 3 aromatic rings. The van der Waals surface area contributed by atoms with Crippen LogP contribution in [0, 0.1) is 11.6 Å². The maximum Gasteiger partial charge on any atom is 0.237 e. The standard InChI is InChI=1S/C17H14F2N4OS/c1-11(16(24)21-15-8-7-12(18)9-14(15)19)25-17-20-10-23(22-17)13-5-3-2-4-6-13/h2-11H,1H3,(H,21,24). The molecule has 0 fully saturated rings. The van der Waals surface area contributed by atoms with Crippen LogP contribution in [0.5, 0.6) is 0 Å². The number of benzene rings is 2. The summed E-state index contributed by atoms with van der Waals surface area (Å²) < 4.78 is 28.1. The van der Waals surface area contributed by atoms with Crippen molar-refractivity contribution in [2.24, 2.45) is 0 Å². The number of hydrogen-bond acceptors (Lipinski definition) is 4. The molecule has 5 nitrogen and oxygen atoms in total. The van der Waals surface area contributed by atoms with Crippen LogP contribution in [0.15, 0.2) is 60.0 Å². The number of hydrogen-bond donors (Lipinski definition) is 1. The van der Waals surface area contributed by atoms with Crippen LogP contribution < -0.4 is 5.32 Å². The van der Waals surface area contributed by atoms with Crippen LogP contribution in [-0.2, 0) is 4.79 Å². The number of halogens is 2. The first kappa shape index (κ1) is 17.1. The molecule has 1 aromatic heterocycles. The third kappa shape index (κ3) is 4.21. The number of thioether (sulfide) groups is 1. The Kier molecular flexibility index (Phi) is 5.08. The number of rotatable bonds is 5. The van der Waals surface area contributed by atoms with Crippen molar-refractivity contribution < 1.29 is 13.6 Å². The van der Waals surface area contributed by atoms with Gasteiger partial charge < -0.3 is 5.32 Å². The predicted octanol–water partition coefficient (Wildman–Crippen LogP) is 3.66. The highest BCUT2D eigenvalue weighted by Crippen LogP contribution is 2.22. The summed E-state index contributed by atoms with van der Waals surface area (Å²) in [6, 6.07) is 12.4. The summed E-state index contributed by atoms with van der Waals surface area (Å²) in [5.41, 5.74) is 0.786. The summed E-state index contributed by atoms with van der Waals surface area (Å²) >= 11 is 1.14. The lowest BCUT2D eigenvalue weighted by molar-refractivity contribution is -0.115. The van der Waals surface area contributed by atoms with Crippen LogP contribution in [0.1, 0.15) is 6.92 Å². The Balaban J connectivity index is 1.65. The van der Waals surface area contributed by atoms with Crippen molar-refractivity contribution in [1.29, 1.82) is 0 Å². The molecule has 0 saturated carbocycles. The molecule has 0 aliphatic rings. The van der Waals surface area contributed by atoms with Gasteiger partial charge in [0.2, 0.25) is 11.1 Å². The number of amides is 1. The van der Waals surface area contributed by atoms with Crippen molar-refractivity contribution >= 4 is 23.4 Å². The molecule has 1 amide bonds. The van der Waals surface area contributed by atoms with Gasteiger partial charge in [0, 0.05) is 6.07 Å². The minimum absolute atomic E-state index is 0.0679. The van der Waals surface area contributed by atoms with E-state index in [0.29, 0.717) is 5.16 Å². The zero-order chi connectivity index (χ0) is 17.8. The molecule has 0 bridgehead atoms. The molecule has 0 spiro atoms. The quantitative estimate of drug-likeness (QED) is 0.706. The number of para-hydroxylation sites is 1. The van der Waals surface area contributed by atoms with Gasteiger partial charge >= 0.3 is 0 Å². The largest absolute Gasteiger partial charge is 0.323 e. The minimum Gasteiger partial charge on any atom is -0.323 e. The Hall–Kier alpha value is -2.74. The molecule has 0 aliphatic heterocycles. The van der Waals surface area contributed by atoms with Gasteiger partial charge in [0.25, 0.3) is 0 Å². The molecule has 3 rings (SSSR count). The molecule has 1 unspecified atom stereocenters. The van der Waals surface area contributed by atoms with Crippen LogP contribution in [0.25, 0.3) is 5.69 Å². The van der Waals surface area contributed by atoms with E-state index in [4.69, 9.17) is 0 Å². The Bertz CT molecular complexity index is 885. The fourth-order valence-electron chi connectivity index (χ4n) is 2.04. The fourth-order valence-corrected chi connectivity index (χ4v) is 2.77. The number of carbonyl (C=O) groups excluding carboxylic acids is 1. The molecule has 1 N–H and O–H groups in total. The first-order chi connectivity index (χ1) is 12.0. The number of anilines is 1. The Labute approximate surface area is 147 Å². The van der Waals surface area contributed by atoms with Gasteiger partial charge in [-0.1, -0.05) is 30.0 Å². The maximum absolute atomic E-state index is 13.6. The highest BCUT2D eigenvalue weighted by atomic mass is 32.2. The third-order valence-electron chi connectivity index (χ3n) is 3.33. The van der Waals surface area contributed by atoms with Crippen molar-refractivity contribution in [2.45, 2.75) is 17.3 Å². The smallest absolute Gasteiger partial charge is 0.237 e. The molecule has 8 heteroatoms. The predicted molar refractivity (Wildman–Crippen MR) is 91.7 cm³/mol. The molecule has 25 heavy (non-hydrogen) atoms. The van der Waals surface area contributed by atoms with Crippen LogP contribution in [-0.4, -0.2) is 25.9 Å². The summed E-state index contributed by atoms with van der Waals surface area (Å²) in [4.78, 5) is 16.3. The van der Waals surface area contributed by atoms with Crippen molar-refractivity contribution in [2.75, 3.05) is 5.32 Å². The van der Waals surface area contributed by atoms with Crippen molar-refractivity contribution in [3.8, 4) is 5.69 Å².